The lowest BCUT2D eigenvalue weighted by Gasteiger charge is -2.27. The zero-order valence-corrected chi connectivity index (χ0v) is 12.7. The minimum atomic E-state index is -1.69. The summed E-state index contributed by atoms with van der Waals surface area (Å²) in [6.07, 6.45) is -0.125. The van der Waals surface area contributed by atoms with Crippen LogP contribution in [0.2, 0.25) is 19.6 Å². The van der Waals surface area contributed by atoms with E-state index in [1.54, 1.807) is 0 Å². The molecule has 1 aromatic heterocycles. The van der Waals surface area contributed by atoms with Gasteiger partial charge >= 0.3 is 5.69 Å². The van der Waals surface area contributed by atoms with Gasteiger partial charge in [0.25, 0.3) is 5.56 Å². The molecule has 110 valence electrons. The maximum Gasteiger partial charge on any atom is 0.333 e. The fourth-order valence-corrected chi connectivity index (χ4v) is 3.78. The summed E-state index contributed by atoms with van der Waals surface area (Å²) in [5, 5.41) is 0. The van der Waals surface area contributed by atoms with Gasteiger partial charge in [-0.15, -0.1) is 0 Å². The molecule has 1 fully saturated rings. The van der Waals surface area contributed by atoms with Gasteiger partial charge in [0.15, 0.2) is 8.32 Å². The van der Waals surface area contributed by atoms with Crippen LogP contribution in [0.25, 0.3) is 0 Å². The molecule has 7 nitrogen and oxygen atoms in total. The molecular weight excluding hydrogens is 280 g/mol. The zero-order valence-electron chi connectivity index (χ0n) is 11.7. The lowest BCUT2D eigenvalue weighted by Crippen LogP contribution is -2.39. The van der Waals surface area contributed by atoms with Crippen molar-refractivity contribution < 1.29 is 13.9 Å². The van der Waals surface area contributed by atoms with E-state index in [9.17, 15) is 9.59 Å². The second-order valence-electron chi connectivity index (χ2n) is 6.09. The van der Waals surface area contributed by atoms with E-state index in [4.69, 9.17) is 13.9 Å². The third kappa shape index (κ3) is 2.46. The molecule has 3 atom stereocenters. The topological polar surface area (TPSA) is 82.6 Å². The summed E-state index contributed by atoms with van der Waals surface area (Å²) in [5.41, 5.74) is -0.972. The average Bonchev–Trinajstić information content (AvgIpc) is 2.54. The molecule has 0 radical (unpaired) electrons. The van der Waals surface area contributed by atoms with Crippen LogP contribution in [0.3, 0.4) is 0 Å². The third-order valence-electron chi connectivity index (χ3n) is 3.31. The SMILES string of the molecule is C[Si](C)(C)O[C@@H]1C[C@H]2O[C@@H]1COc1cc(=O)[nH]c(=O)n12. The summed E-state index contributed by atoms with van der Waals surface area (Å²) in [5.74, 6) is 0.262. The third-order valence-corrected chi connectivity index (χ3v) is 4.32. The average molecular weight is 298 g/mol. The molecule has 0 spiro atoms. The monoisotopic (exact) mass is 298 g/mol. The fraction of sp³-hybridized carbons (Fsp3) is 0.667. The number of hydrogen-bond acceptors (Lipinski definition) is 5. The summed E-state index contributed by atoms with van der Waals surface area (Å²) in [7, 11) is -1.69. The van der Waals surface area contributed by atoms with E-state index < -0.39 is 25.8 Å². The Bertz CT molecular complexity index is 632. The van der Waals surface area contributed by atoms with Crippen molar-refractivity contribution in [2.24, 2.45) is 0 Å². The largest absolute Gasteiger partial charge is 0.476 e. The van der Waals surface area contributed by atoms with Gasteiger partial charge < -0.3 is 13.9 Å². The minimum absolute atomic E-state index is 0.0707. The number of nitrogens with one attached hydrogen (secondary N) is 1. The van der Waals surface area contributed by atoms with Gasteiger partial charge in [0.2, 0.25) is 5.88 Å². The molecule has 0 aromatic carbocycles. The molecule has 0 saturated carbocycles. The molecule has 20 heavy (non-hydrogen) atoms. The van der Waals surface area contributed by atoms with E-state index in [0.29, 0.717) is 6.42 Å². The summed E-state index contributed by atoms with van der Waals surface area (Å²) in [6.45, 7) is 6.62. The van der Waals surface area contributed by atoms with Crippen molar-refractivity contribution in [3.8, 4) is 5.88 Å². The second-order valence-corrected chi connectivity index (χ2v) is 10.6. The zero-order chi connectivity index (χ0) is 14.5. The predicted molar refractivity (Wildman–Crippen MR) is 73.6 cm³/mol. The molecule has 3 rings (SSSR count). The van der Waals surface area contributed by atoms with Gasteiger partial charge in [-0.1, -0.05) is 0 Å². The van der Waals surface area contributed by atoms with Gasteiger partial charge in [-0.3, -0.25) is 9.78 Å². The number of nitrogens with zero attached hydrogens (tertiary/aromatic N) is 1. The van der Waals surface area contributed by atoms with E-state index in [2.05, 4.69) is 24.6 Å². The Morgan fingerprint density at radius 3 is 2.85 bits per heavy atom. The minimum Gasteiger partial charge on any atom is -0.476 e. The first kappa shape index (κ1) is 13.6. The van der Waals surface area contributed by atoms with Crippen molar-refractivity contribution in [2.45, 2.75) is 44.5 Å². The highest BCUT2D eigenvalue weighted by molar-refractivity contribution is 6.69. The lowest BCUT2D eigenvalue weighted by molar-refractivity contribution is -0.0182. The van der Waals surface area contributed by atoms with Gasteiger partial charge in [-0.05, 0) is 19.6 Å². The van der Waals surface area contributed by atoms with Gasteiger partial charge in [-0.2, -0.15) is 0 Å². The first-order valence-electron chi connectivity index (χ1n) is 6.65. The van der Waals surface area contributed by atoms with E-state index in [1.807, 2.05) is 0 Å². The maximum atomic E-state index is 11.9. The molecule has 1 saturated heterocycles. The Morgan fingerprint density at radius 2 is 2.15 bits per heavy atom. The molecule has 0 aliphatic carbocycles. The number of fused-ring (bicyclic) bond motifs is 4. The molecular formula is C12H18N2O5Si. The second kappa shape index (κ2) is 4.57. The van der Waals surface area contributed by atoms with Crippen LogP contribution >= 0.6 is 0 Å². The number of aromatic nitrogens is 2. The molecule has 0 unspecified atom stereocenters. The highest BCUT2D eigenvalue weighted by Crippen LogP contribution is 2.36. The summed E-state index contributed by atoms with van der Waals surface area (Å²) < 4.78 is 18.8. The Labute approximate surface area is 116 Å². The van der Waals surface area contributed by atoms with E-state index in [0.717, 1.165) is 0 Å². The van der Waals surface area contributed by atoms with Crippen molar-refractivity contribution >= 4 is 8.32 Å². The number of ether oxygens (including phenoxy) is 2. The summed E-state index contributed by atoms with van der Waals surface area (Å²) in [4.78, 5) is 25.5. The van der Waals surface area contributed by atoms with Crippen molar-refractivity contribution in [3.63, 3.8) is 0 Å². The summed E-state index contributed by atoms with van der Waals surface area (Å²) in [6, 6.07) is 1.28. The van der Waals surface area contributed by atoms with E-state index >= 15 is 0 Å². The van der Waals surface area contributed by atoms with E-state index in [1.165, 1.54) is 10.6 Å². The van der Waals surface area contributed by atoms with Crippen LogP contribution in [0.15, 0.2) is 15.7 Å². The van der Waals surface area contributed by atoms with Crippen LogP contribution in [0.1, 0.15) is 12.6 Å². The van der Waals surface area contributed by atoms with Crippen molar-refractivity contribution in [3.05, 3.63) is 26.9 Å². The van der Waals surface area contributed by atoms with Crippen molar-refractivity contribution in [1.82, 2.24) is 9.55 Å². The van der Waals surface area contributed by atoms with Gasteiger partial charge in [0, 0.05) is 6.42 Å². The van der Waals surface area contributed by atoms with Crippen LogP contribution in [-0.4, -0.2) is 36.7 Å². The first-order valence-corrected chi connectivity index (χ1v) is 10.1. The first-order chi connectivity index (χ1) is 9.33. The quantitative estimate of drug-likeness (QED) is 0.801. The van der Waals surface area contributed by atoms with Crippen molar-refractivity contribution in [2.75, 3.05) is 6.61 Å². The molecule has 2 aliphatic rings. The number of hydrogen-bond donors (Lipinski definition) is 1. The molecule has 8 heteroatoms. The molecule has 1 aromatic rings. The molecule has 2 aliphatic heterocycles. The number of aromatic amines is 1. The van der Waals surface area contributed by atoms with Crippen LogP contribution in [-0.2, 0) is 9.16 Å². The van der Waals surface area contributed by atoms with E-state index in [-0.39, 0.29) is 24.7 Å². The Hall–Kier alpha value is -1.38. The maximum absolute atomic E-state index is 11.9. The van der Waals surface area contributed by atoms with Gasteiger partial charge in [0.1, 0.15) is 18.9 Å². The number of H-pyrrole nitrogens is 1. The Kier molecular flexibility index (Phi) is 3.11. The van der Waals surface area contributed by atoms with Crippen LogP contribution in [0.4, 0.5) is 0 Å². The summed E-state index contributed by atoms with van der Waals surface area (Å²) >= 11 is 0. The number of rotatable bonds is 2. The molecule has 3 heterocycles. The van der Waals surface area contributed by atoms with Crippen molar-refractivity contribution in [1.29, 1.82) is 0 Å². The highest BCUT2D eigenvalue weighted by atomic mass is 28.4. The normalized spacial score (nSPS) is 28.6. The Morgan fingerprint density at radius 1 is 1.40 bits per heavy atom. The van der Waals surface area contributed by atoms with Crippen LogP contribution in [0, 0.1) is 0 Å². The molecule has 2 bridgehead atoms. The predicted octanol–water partition coefficient (Wildman–Crippen LogP) is 0.437. The lowest BCUT2D eigenvalue weighted by atomic mass is 10.2. The molecule has 1 N–H and O–H groups in total. The Balaban J connectivity index is 1.94. The smallest absolute Gasteiger partial charge is 0.333 e. The highest BCUT2D eigenvalue weighted by Gasteiger charge is 2.42. The van der Waals surface area contributed by atoms with Gasteiger partial charge in [-0.25, -0.2) is 9.36 Å². The standard InChI is InChI=1S/C12H18N2O5Si/c1-20(2,3)19-7-4-11-14-10(17-6-8(7)18-11)5-9(15)13-12(14)16/h5,7-8,11H,4,6H2,1-3H3,(H,13,15,16)/t7-,8-,11-/m1/s1. The fourth-order valence-electron chi connectivity index (χ4n) is 2.62. The van der Waals surface area contributed by atoms with Crippen LogP contribution in [0.5, 0.6) is 5.88 Å². The van der Waals surface area contributed by atoms with Gasteiger partial charge in [0.05, 0.1) is 12.2 Å². The molecule has 0 amide bonds. The van der Waals surface area contributed by atoms with Crippen LogP contribution < -0.4 is 16.0 Å².